The topological polar surface area (TPSA) is 43.8 Å². The molecule has 0 amide bonds. The molecule has 4 heteroatoms. The molecule has 1 rings (SSSR count). The van der Waals surface area contributed by atoms with E-state index in [0.717, 1.165) is 6.54 Å². The summed E-state index contributed by atoms with van der Waals surface area (Å²) in [5.41, 5.74) is 5.60. The van der Waals surface area contributed by atoms with Crippen molar-refractivity contribution in [2.75, 3.05) is 17.2 Å². The van der Waals surface area contributed by atoms with Crippen molar-refractivity contribution >= 4 is 17.7 Å². The Bertz CT molecular complexity index is 222. The molecule has 0 bridgehead atoms. The van der Waals surface area contributed by atoms with Gasteiger partial charge in [-0.15, -0.1) is 0 Å². The van der Waals surface area contributed by atoms with Crippen LogP contribution in [0.1, 0.15) is 13.3 Å². The second kappa shape index (κ2) is 5.09. The molecule has 12 heavy (non-hydrogen) atoms. The van der Waals surface area contributed by atoms with Crippen molar-refractivity contribution in [3.63, 3.8) is 0 Å². The lowest BCUT2D eigenvalue weighted by Crippen LogP contribution is -2.03. The number of aromatic nitrogens is 2. The van der Waals surface area contributed by atoms with E-state index in [1.54, 1.807) is 6.20 Å². The Morgan fingerprint density at radius 1 is 1.67 bits per heavy atom. The fourth-order valence-electron chi connectivity index (χ4n) is 1.01. The first-order chi connectivity index (χ1) is 5.84. The molecule has 0 aliphatic heterocycles. The van der Waals surface area contributed by atoms with Crippen LogP contribution in [-0.2, 0) is 6.54 Å². The second-order valence-corrected chi connectivity index (χ2v) is 3.92. The Hall–Kier alpha value is -0.640. The van der Waals surface area contributed by atoms with Crippen molar-refractivity contribution in [1.29, 1.82) is 0 Å². The minimum absolute atomic E-state index is 0.622. The molecule has 1 aromatic rings. The third-order valence-corrected chi connectivity index (χ3v) is 2.63. The zero-order chi connectivity index (χ0) is 8.81. The van der Waals surface area contributed by atoms with Crippen LogP contribution in [0.4, 0.5) is 5.95 Å². The van der Waals surface area contributed by atoms with Gasteiger partial charge < -0.3 is 10.3 Å². The van der Waals surface area contributed by atoms with Gasteiger partial charge in [-0.25, -0.2) is 4.98 Å². The van der Waals surface area contributed by atoms with Gasteiger partial charge in [-0.1, -0.05) is 6.92 Å². The first-order valence-electron chi connectivity index (χ1n) is 4.19. The maximum Gasteiger partial charge on any atom is 0.200 e. The van der Waals surface area contributed by atoms with Crippen LogP contribution in [-0.4, -0.2) is 21.1 Å². The average Bonchev–Trinajstić information content (AvgIpc) is 2.46. The van der Waals surface area contributed by atoms with Crippen molar-refractivity contribution in [2.45, 2.75) is 19.9 Å². The van der Waals surface area contributed by atoms with Crippen LogP contribution < -0.4 is 5.73 Å². The molecule has 1 aromatic heterocycles. The van der Waals surface area contributed by atoms with Crippen molar-refractivity contribution in [1.82, 2.24) is 9.55 Å². The van der Waals surface area contributed by atoms with E-state index in [-0.39, 0.29) is 0 Å². The standard InChI is InChI=1S/C8H15N3S/c1-2-12-7-3-5-11-6-4-10-8(11)9/h4,6H,2-3,5,7H2,1H3,(H2,9,10). The molecule has 68 valence electrons. The Balaban J connectivity index is 2.20. The monoisotopic (exact) mass is 185 g/mol. The molecule has 0 fully saturated rings. The van der Waals surface area contributed by atoms with E-state index in [2.05, 4.69) is 11.9 Å². The zero-order valence-corrected chi connectivity index (χ0v) is 8.18. The quantitative estimate of drug-likeness (QED) is 0.709. The lowest BCUT2D eigenvalue weighted by molar-refractivity contribution is 0.693. The summed E-state index contributed by atoms with van der Waals surface area (Å²) in [6, 6.07) is 0. The largest absolute Gasteiger partial charge is 0.369 e. The lowest BCUT2D eigenvalue weighted by Gasteiger charge is -2.02. The SMILES string of the molecule is CCSCCCn1ccnc1N. The first kappa shape index (κ1) is 9.45. The molecule has 0 aliphatic carbocycles. The Morgan fingerprint density at radius 3 is 3.08 bits per heavy atom. The van der Waals surface area contributed by atoms with Gasteiger partial charge in [0, 0.05) is 18.9 Å². The highest BCUT2D eigenvalue weighted by Crippen LogP contribution is 2.05. The number of nitrogen functional groups attached to an aromatic ring is 1. The van der Waals surface area contributed by atoms with Gasteiger partial charge in [-0.2, -0.15) is 11.8 Å². The maximum atomic E-state index is 5.60. The van der Waals surface area contributed by atoms with Gasteiger partial charge in [0.1, 0.15) is 0 Å². The highest BCUT2D eigenvalue weighted by Gasteiger charge is 1.95. The molecule has 2 N–H and O–H groups in total. The molecule has 0 saturated carbocycles. The minimum Gasteiger partial charge on any atom is -0.369 e. The number of aryl methyl sites for hydroxylation is 1. The Morgan fingerprint density at radius 2 is 2.50 bits per heavy atom. The summed E-state index contributed by atoms with van der Waals surface area (Å²) < 4.78 is 1.98. The maximum absolute atomic E-state index is 5.60. The number of imidazole rings is 1. The van der Waals surface area contributed by atoms with Crippen LogP contribution in [0.25, 0.3) is 0 Å². The second-order valence-electron chi connectivity index (χ2n) is 2.53. The number of thioether (sulfide) groups is 1. The van der Waals surface area contributed by atoms with Gasteiger partial charge in [-0.3, -0.25) is 0 Å². The lowest BCUT2D eigenvalue weighted by atomic mass is 10.5. The van der Waals surface area contributed by atoms with Gasteiger partial charge in [0.2, 0.25) is 0 Å². The normalized spacial score (nSPS) is 10.4. The van der Waals surface area contributed by atoms with Gasteiger partial charge >= 0.3 is 0 Å². The number of nitrogens with zero attached hydrogens (tertiary/aromatic N) is 2. The first-order valence-corrected chi connectivity index (χ1v) is 5.34. The fourth-order valence-corrected chi connectivity index (χ4v) is 1.63. The predicted octanol–water partition coefficient (Wildman–Crippen LogP) is 1.61. The Labute approximate surface area is 77.4 Å². The smallest absolute Gasteiger partial charge is 0.200 e. The third kappa shape index (κ3) is 2.77. The summed E-state index contributed by atoms with van der Waals surface area (Å²) in [6.45, 7) is 3.16. The van der Waals surface area contributed by atoms with Crippen molar-refractivity contribution < 1.29 is 0 Å². The molecular weight excluding hydrogens is 170 g/mol. The summed E-state index contributed by atoms with van der Waals surface area (Å²) >= 11 is 1.96. The molecule has 0 spiro atoms. The summed E-state index contributed by atoms with van der Waals surface area (Å²) in [5.74, 6) is 3.02. The molecule has 0 saturated heterocycles. The van der Waals surface area contributed by atoms with Crippen LogP contribution in [0.3, 0.4) is 0 Å². The van der Waals surface area contributed by atoms with Gasteiger partial charge in [-0.05, 0) is 17.9 Å². The van der Waals surface area contributed by atoms with E-state index in [0.29, 0.717) is 5.95 Å². The molecule has 1 heterocycles. The van der Waals surface area contributed by atoms with Crippen LogP contribution in [0.5, 0.6) is 0 Å². The van der Waals surface area contributed by atoms with Gasteiger partial charge in [0.15, 0.2) is 5.95 Å². The minimum atomic E-state index is 0.622. The summed E-state index contributed by atoms with van der Waals surface area (Å²) in [4.78, 5) is 3.95. The van der Waals surface area contributed by atoms with E-state index in [4.69, 9.17) is 5.73 Å². The van der Waals surface area contributed by atoms with Crippen LogP contribution in [0.15, 0.2) is 12.4 Å². The van der Waals surface area contributed by atoms with Gasteiger partial charge in [0.05, 0.1) is 0 Å². The highest BCUT2D eigenvalue weighted by molar-refractivity contribution is 7.99. The molecule has 0 radical (unpaired) electrons. The van der Waals surface area contributed by atoms with E-state index < -0.39 is 0 Å². The Kier molecular flexibility index (Phi) is 4.00. The third-order valence-electron chi connectivity index (χ3n) is 1.64. The van der Waals surface area contributed by atoms with E-state index >= 15 is 0 Å². The average molecular weight is 185 g/mol. The molecule has 0 atom stereocenters. The van der Waals surface area contributed by atoms with Crippen LogP contribution in [0, 0.1) is 0 Å². The summed E-state index contributed by atoms with van der Waals surface area (Å²) in [7, 11) is 0. The van der Waals surface area contributed by atoms with Gasteiger partial charge in [0.25, 0.3) is 0 Å². The van der Waals surface area contributed by atoms with E-state index in [9.17, 15) is 0 Å². The highest BCUT2D eigenvalue weighted by atomic mass is 32.2. The number of anilines is 1. The van der Waals surface area contributed by atoms with Crippen LogP contribution >= 0.6 is 11.8 Å². The molecule has 0 unspecified atom stereocenters. The van der Waals surface area contributed by atoms with E-state index in [1.807, 2.05) is 22.5 Å². The number of hydrogen-bond donors (Lipinski definition) is 1. The number of nitrogens with two attached hydrogens (primary N) is 1. The van der Waals surface area contributed by atoms with Crippen molar-refractivity contribution in [3.05, 3.63) is 12.4 Å². The predicted molar refractivity (Wildman–Crippen MR) is 54.3 cm³/mol. The molecule has 3 nitrogen and oxygen atoms in total. The fraction of sp³-hybridized carbons (Fsp3) is 0.625. The molecule has 0 aliphatic rings. The number of hydrogen-bond acceptors (Lipinski definition) is 3. The zero-order valence-electron chi connectivity index (χ0n) is 7.36. The van der Waals surface area contributed by atoms with Crippen molar-refractivity contribution in [3.8, 4) is 0 Å². The summed E-state index contributed by atoms with van der Waals surface area (Å²) in [5, 5.41) is 0. The van der Waals surface area contributed by atoms with E-state index in [1.165, 1.54) is 17.9 Å². The van der Waals surface area contributed by atoms with Crippen molar-refractivity contribution in [2.24, 2.45) is 0 Å². The summed E-state index contributed by atoms with van der Waals surface area (Å²) in [6.07, 6.45) is 4.83. The van der Waals surface area contributed by atoms with Crippen LogP contribution in [0.2, 0.25) is 0 Å². The number of rotatable bonds is 5. The molecular formula is C8H15N3S. The molecule has 0 aromatic carbocycles.